The standard InChI is InChI=1S/C22H33N3O3/c1-17(13-18-5-4-6-18)20(27)25-11-9-22(28,21(15-25)7-2-3-8-21)16-24-12-10-23-14-19(24)26/h10,12,14,17-18,28H,2-9,11,13,15-16H2,1H3/t17-,22?/m1/s1. The zero-order valence-corrected chi connectivity index (χ0v) is 17.0. The second-order valence-electron chi connectivity index (χ2n) is 9.50. The zero-order valence-electron chi connectivity index (χ0n) is 17.0. The summed E-state index contributed by atoms with van der Waals surface area (Å²) in [4.78, 5) is 31.2. The maximum absolute atomic E-state index is 13.1. The Bertz CT molecular complexity index is 766. The second kappa shape index (κ2) is 7.62. The first-order valence-corrected chi connectivity index (χ1v) is 10.9. The summed E-state index contributed by atoms with van der Waals surface area (Å²) < 4.78 is 1.57. The van der Waals surface area contributed by atoms with Crippen molar-refractivity contribution in [3.8, 4) is 0 Å². The van der Waals surface area contributed by atoms with Gasteiger partial charge in [0.2, 0.25) is 5.91 Å². The van der Waals surface area contributed by atoms with E-state index < -0.39 is 5.60 Å². The highest BCUT2D eigenvalue weighted by molar-refractivity contribution is 5.78. The number of likely N-dealkylation sites (tertiary alicyclic amines) is 1. The van der Waals surface area contributed by atoms with E-state index in [0.29, 0.717) is 19.5 Å². The SMILES string of the molecule is C[C@H](CC1CCC1)C(=O)N1CCC(O)(Cn2ccncc2=O)C2(CCCC2)C1. The number of aliphatic hydroxyl groups is 1. The van der Waals surface area contributed by atoms with Crippen molar-refractivity contribution in [2.75, 3.05) is 13.1 Å². The third kappa shape index (κ3) is 3.51. The van der Waals surface area contributed by atoms with E-state index in [9.17, 15) is 14.7 Å². The van der Waals surface area contributed by atoms with E-state index in [1.807, 2.05) is 4.90 Å². The number of amides is 1. The number of nitrogens with zero attached hydrogens (tertiary/aromatic N) is 3. The fourth-order valence-corrected chi connectivity index (χ4v) is 5.71. The minimum atomic E-state index is -0.956. The fourth-order valence-electron chi connectivity index (χ4n) is 5.71. The van der Waals surface area contributed by atoms with Gasteiger partial charge in [0, 0.05) is 36.8 Å². The Hall–Kier alpha value is -1.69. The molecule has 2 heterocycles. The maximum atomic E-state index is 13.1. The molecule has 2 saturated carbocycles. The number of hydrogen-bond acceptors (Lipinski definition) is 4. The summed E-state index contributed by atoms with van der Waals surface area (Å²) >= 11 is 0. The van der Waals surface area contributed by atoms with Crippen molar-refractivity contribution >= 4 is 5.91 Å². The lowest BCUT2D eigenvalue weighted by Crippen LogP contribution is -2.62. The average molecular weight is 388 g/mol. The lowest BCUT2D eigenvalue weighted by molar-refractivity contribution is -0.163. The molecule has 3 fully saturated rings. The summed E-state index contributed by atoms with van der Waals surface area (Å²) in [5.41, 5.74) is -1.45. The largest absolute Gasteiger partial charge is 0.387 e. The first-order valence-electron chi connectivity index (χ1n) is 10.9. The van der Waals surface area contributed by atoms with Crippen LogP contribution in [0.5, 0.6) is 0 Å². The quantitative estimate of drug-likeness (QED) is 0.843. The number of piperidine rings is 1. The van der Waals surface area contributed by atoms with Gasteiger partial charge in [0.15, 0.2) is 0 Å². The van der Waals surface area contributed by atoms with Gasteiger partial charge in [-0.15, -0.1) is 0 Å². The molecule has 2 aliphatic carbocycles. The molecule has 28 heavy (non-hydrogen) atoms. The summed E-state index contributed by atoms with van der Waals surface area (Å²) in [5, 5.41) is 11.7. The van der Waals surface area contributed by atoms with Gasteiger partial charge in [0.1, 0.15) is 0 Å². The molecular formula is C22H33N3O3. The van der Waals surface area contributed by atoms with Crippen LogP contribution in [-0.2, 0) is 11.3 Å². The lowest BCUT2D eigenvalue weighted by atomic mass is 9.65. The van der Waals surface area contributed by atoms with Crippen molar-refractivity contribution in [3.63, 3.8) is 0 Å². The van der Waals surface area contributed by atoms with Gasteiger partial charge in [-0.3, -0.25) is 14.6 Å². The van der Waals surface area contributed by atoms with E-state index in [1.165, 1.54) is 25.5 Å². The molecule has 1 amide bonds. The normalized spacial score (nSPS) is 28.3. The van der Waals surface area contributed by atoms with E-state index in [-0.39, 0.29) is 29.3 Å². The van der Waals surface area contributed by atoms with Crippen molar-refractivity contribution in [1.82, 2.24) is 14.5 Å². The number of carbonyl (C=O) groups excluding carboxylic acids is 1. The van der Waals surface area contributed by atoms with Gasteiger partial charge in [0.25, 0.3) is 5.56 Å². The molecule has 0 radical (unpaired) electrons. The summed E-state index contributed by atoms with van der Waals surface area (Å²) in [6.07, 6.45) is 13.9. The molecule has 1 unspecified atom stereocenters. The smallest absolute Gasteiger partial charge is 0.269 e. The molecule has 3 aliphatic rings. The maximum Gasteiger partial charge on any atom is 0.269 e. The molecular weight excluding hydrogens is 354 g/mol. The van der Waals surface area contributed by atoms with Crippen LogP contribution in [0.15, 0.2) is 23.4 Å². The van der Waals surface area contributed by atoms with E-state index in [1.54, 1.807) is 17.0 Å². The highest BCUT2D eigenvalue weighted by Crippen LogP contribution is 2.51. The van der Waals surface area contributed by atoms with Gasteiger partial charge in [-0.2, -0.15) is 0 Å². The summed E-state index contributed by atoms with van der Waals surface area (Å²) in [7, 11) is 0. The van der Waals surface area contributed by atoms with Crippen LogP contribution >= 0.6 is 0 Å². The zero-order chi connectivity index (χ0) is 19.8. The van der Waals surface area contributed by atoms with Crippen LogP contribution in [0.25, 0.3) is 0 Å². The molecule has 1 aromatic heterocycles. The van der Waals surface area contributed by atoms with Crippen LogP contribution in [0, 0.1) is 17.3 Å². The lowest BCUT2D eigenvalue weighted by Gasteiger charge is -2.52. The Kier molecular flexibility index (Phi) is 5.34. The van der Waals surface area contributed by atoms with Crippen LogP contribution in [0.1, 0.15) is 64.7 Å². The Morgan fingerprint density at radius 3 is 2.68 bits per heavy atom. The second-order valence-corrected chi connectivity index (χ2v) is 9.50. The van der Waals surface area contributed by atoms with Crippen molar-refractivity contribution in [3.05, 3.63) is 28.9 Å². The molecule has 1 spiro atoms. The van der Waals surface area contributed by atoms with Gasteiger partial charge in [0.05, 0.1) is 18.3 Å². The van der Waals surface area contributed by atoms with E-state index in [4.69, 9.17) is 0 Å². The molecule has 1 saturated heterocycles. The Balaban J connectivity index is 1.51. The molecule has 1 aromatic rings. The van der Waals surface area contributed by atoms with E-state index in [2.05, 4.69) is 11.9 Å². The molecule has 6 heteroatoms. The van der Waals surface area contributed by atoms with Crippen molar-refractivity contribution in [2.24, 2.45) is 17.3 Å². The van der Waals surface area contributed by atoms with Gasteiger partial charge in [-0.1, -0.05) is 39.0 Å². The third-order valence-electron chi connectivity index (χ3n) is 7.71. The van der Waals surface area contributed by atoms with Gasteiger partial charge in [-0.25, -0.2) is 0 Å². The molecule has 1 N–H and O–H groups in total. The summed E-state index contributed by atoms with van der Waals surface area (Å²) in [5.74, 6) is 1.04. The van der Waals surface area contributed by atoms with E-state index >= 15 is 0 Å². The number of aromatic nitrogens is 2. The first-order chi connectivity index (χ1) is 13.4. The Morgan fingerprint density at radius 1 is 1.29 bits per heavy atom. The minimum absolute atomic E-state index is 0.0674. The number of rotatable bonds is 5. The van der Waals surface area contributed by atoms with Crippen molar-refractivity contribution in [1.29, 1.82) is 0 Å². The molecule has 154 valence electrons. The topological polar surface area (TPSA) is 75.4 Å². The highest BCUT2D eigenvalue weighted by atomic mass is 16.3. The third-order valence-corrected chi connectivity index (χ3v) is 7.71. The molecule has 2 atom stereocenters. The Labute approximate surface area is 167 Å². The van der Waals surface area contributed by atoms with Gasteiger partial charge in [-0.05, 0) is 31.6 Å². The predicted octanol–water partition coefficient (Wildman–Crippen LogP) is 2.59. The highest BCUT2D eigenvalue weighted by Gasteiger charge is 2.55. The Morgan fingerprint density at radius 2 is 2.04 bits per heavy atom. The van der Waals surface area contributed by atoms with Gasteiger partial charge < -0.3 is 14.6 Å². The average Bonchev–Trinajstić information content (AvgIpc) is 3.12. The van der Waals surface area contributed by atoms with Crippen LogP contribution in [0.4, 0.5) is 0 Å². The molecule has 4 rings (SSSR count). The van der Waals surface area contributed by atoms with Crippen molar-refractivity contribution < 1.29 is 9.90 Å². The van der Waals surface area contributed by atoms with E-state index in [0.717, 1.165) is 38.0 Å². The van der Waals surface area contributed by atoms with Crippen molar-refractivity contribution in [2.45, 2.75) is 76.9 Å². The monoisotopic (exact) mass is 387 g/mol. The number of carbonyl (C=O) groups is 1. The molecule has 0 aromatic carbocycles. The van der Waals surface area contributed by atoms with Crippen LogP contribution in [-0.4, -0.2) is 44.2 Å². The summed E-state index contributed by atoms with van der Waals surface area (Å²) in [6.45, 7) is 3.55. The molecule has 6 nitrogen and oxygen atoms in total. The first kappa shape index (κ1) is 19.6. The summed E-state index contributed by atoms with van der Waals surface area (Å²) in [6, 6.07) is 0. The number of hydrogen-bond donors (Lipinski definition) is 1. The van der Waals surface area contributed by atoms with Gasteiger partial charge >= 0.3 is 0 Å². The molecule has 0 bridgehead atoms. The van der Waals surface area contributed by atoms with Crippen LogP contribution in [0.2, 0.25) is 0 Å². The van der Waals surface area contributed by atoms with Crippen LogP contribution in [0.3, 0.4) is 0 Å². The molecule has 1 aliphatic heterocycles. The van der Waals surface area contributed by atoms with Crippen LogP contribution < -0.4 is 5.56 Å². The fraction of sp³-hybridized carbons (Fsp3) is 0.773. The minimum Gasteiger partial charge on any atom is -0.387 e. The predicted molar refractivity (Wildman–Crippen MR) is 107 cm³/mol.